The number of aromatic nitrogens is 1. The Bertz CT molecular complexity index is 537. The van der Waals surface area contributed by atoms with E-state index in [0.717, 1.165) is 5.69 Å². The monoisotopic (exact) mass is 321 g/mol. The number of carboxylic acid groups (broad SMARTS) is 1. The number of hydrogen-bond acceptors (Lipinski definition) is 5. The molecule has 1 fully saturated rings. The molecule has 2 rings (SSSR count). The van der Waals surface area contributed by atoms with Crippen LogP contribution in [0.25, 0.3) is 0 Å². The Labute approximate surface area is 135 Å². The van der Waals surface area contributed by atoms with Gasteiger partial charge >= 0.3 is 5.97 Å². The number of likely N-dealkylation sites (N-methyl/N-ethyl adjacent to an activating group) is 1. The Hall–Kier alpha value is -1.99. The van der Waals surface area contributed by atoms with Crippen molar-refractivity contribution in [3.05, 3.63) is 30.1 Å². The summed E-state index contributed by atoms with van der Waals surface area (Å²) in [6.45, 7) is 2.09. The zero-order valence-corrected chi connectivity index (χ0v) is 13.5. The lowest BCUT2D eigenvalue weighted by molar-refractivity contribution is -0.141. The molecule has 0 aromatic carbocycles. The first-order chi connectivity index (χ1) is 11.0. The van der Waals surface area contributed by atoms with Gasteiger partial charge in [0.05, 0.1) is 19.1 Å². The van der Waals surface area contributed by atoms with Crippen molar-refractivity contribution >= 4 is 11.9 Å². The molecule has 1 aromatic rings. The molecule has 0 radical (unpaired) electrons. The highest BCUT2D eigenvalue weighted by atomic mass is 16.5. The Morgan fingerprint density at radius 1 is 1.43 bits per heavy atom. The molecule has 23 heavy (non-hydrogen) atoms. The fraction of sp³-hybridized carbons (Fsp3) is 0.562. The number of carboxylic acids is 1. The number of rotatable bonds is 7. The second-order valence-corrected chi connectivity index (χ2v) is 5.84. The molecule has 1 aliphatic rings. The van der Waals surface area contributed by atoms with Crippen LogP contribution in [0, 0.1) is 5.92 Å². The maximum absolute atomic E-state index is 12.4. The molecule has 1 aliphatic heterocycles. The van der Waals surface area contributed by atoms with Crippen molar-refractivity contribution in [3.8, 4) is 0 Å². The van der Waals surface area contributed by atoms with Crippen LogP contribution in [0.5, 0.6) is 0 Å². The van der Waals surface area contributed by atoms with Crippen molar-refractivity contribution in [1.29, 1.82) is 0 Å². The summed E-state index contributed by atoms with van der Waals surface area (Å²) in [5.74, 6) is -1.82. The summed E-state index contributed by atoms with van der Waals surface area (Å²) in [4.78, 5) is 31.7. The number of carbonyl (C=O) groups is 2. The fourth-order valence-corrected chi connectivity index (χ4v) is 2.81. The lowest BCUT2D eigenvalue weighted by Gasteiger charge is -2.21. The summed E-state index contributed by atoms with van der Waals surface area (Å²) in [5.41, 5.74) is 0.725. The Kier molecular flexibility index (Phi) is 6.06. The second-order valence-electron chi connectivity index (χ2n) is 5.84. The second kappa shape index (κ2) is 8.03. The van der Waals surface area contributed by atoms with E-state index in [2.05, 4.69) is 4.98 Å². The SMILES string of the molecule is COCCN(C)CC(=O)N1C[C@H](C(=O)O)[C@@H](c2ccccn2)C1. The summed E-state index contributed by atoms with van der Waals surface area (Å²) in [7, 11) is 3.46. The number of ether oxygens (including phenoxy) is 1. The molecular weight excluding hydrogens is 298 g/mol. The van der Waals surface area contributed by atoms with E-state index >= 15 is 0 Å². The number of likely N-dealkylation sites (tertiary alicyclic amines) is 1. The van der Waals surface area contributed by atoms with Crippen LogP contribution in [0.3, 0.4) is 0 Å². The third kappa shape index (κ3) is 4.49. The van der Waals surface area contributed by atoms with Crippen molar-refractivity contribution in [2.75, 3.05) is 46.9 Å². The quantitative estimate of drug-likeness (QED) is 0.777. The van der Waals surface area contributed by atoms with Crippen LogP contribution in [0.4, 0.5) is 0 Å². The number of hydrogen-bond donors (Lipinski definition) is 1. The van der Waals surface area contributed by atoms with Crippen molar-refractivity contribution < 1.29 is 19.4 Å². The number of carbonyl (C=O) groups excluding carboxylic acids is 1. The number of nitrogens with zero attached hydrogens (tertiary/aromatic N) is 3. The van der Waals surface area contributed by atoms with Crippen molar-refractivity contribution in [3.63, 3.8) is 0 Å². The number of aliphatic carboxylic acids is 1. The average Bonchev–Trinajstić information content (AvgIpc) is 2.99. The molecule has 0 aliphatic carbocycles. The molecule has 1 saturated heterocycles. The molecule has 1 amide bonds. The lowest BCUT2D eigenvalue weighted by atomic mass is 9.93. The molecule has 7 nitrogen and oxygen atoms in total. The first kappa shape index (κ1) is 17.4. The Balaban J connectivity index is 2.02. The van der Waals surface area contributed by atoms with E-state index in [9.17, 15) is 14.7 Å². The van der Waals surface area contributed by atoms with Crippen LogP contribution in [0.1, 0.15) is 11.6 Å². The number of methoxy groups -OCH3 is 1. The van der Waals surface area contributed by atoms with Gasteiger partial charge in [-0.1, -0.05) is 6.07 Å². The van der Waals surface area contributed by atoms with E-state index in [-0.39, 0.29) is 24.9 Å². The van der Waals surface area contributed by atoms with E-state index < -0.39 is 11.9 Å². The highest BCUT2D eigenvalue weighted by Crippen LogP contribution is 2.31. The molecular formula is C16H23N3O4. The maximum Gasteiger partial charge on any atom is 0.309 e. The molecule has 126 valence electrons. The fourth-order valence-electron chi connectivity index (χ4n) is 2.81. The predicted molar refractivity (Wildman–Crippen MR) is 84.1 cm³/mol. The summed E-state index contributed by atoms with van der Waals surface area (Å²) < 4.78 is 4.99. The van der Waals surface area contributed by atoms with Crippen molar-refractivity contribution in [2.24, 2.45) is 5.92 Å². The minimum Gasteiger partial charge on any atom is -0.481 e. The zero-order valence-electron chi connectivity index (χ0n) is 13.5. The van der Waals surface area contributed by atoms with E-state index in [1.165, 1.54) is 0 Å². The Morgan fingerprint density at radius 2 is 2.22 bits per heavy atom. The van der Waals surface area contributed by atoms with E-state index in [1.807, 2.05) is 24.1 Å². The number of amides is 1. The van der Waals surface area contributed by atoms with E-state index in [4.69, 9.17) is 4.74 Å². The average molecular weight is 321 g/mol. The van der Waals surface area contributed by atoms with Crippen molar-refractivity contribution in [1.82, 2.24) is 14.8 Å². The smallest absolute Gasteiger partial charge is 0.309 e. The van der Waals surface area contributed by atoms with Crippen LogP contribution in [0.2, 0.25) is 0 Å². The van der Waals surface area contributed by atoms with E-state index in [1.54, 1.807) is 24.3 Å². The summed E-state index contributed by atoms with van der Waals surface area (Å²) in [6.07, 6.45) is 1.65. The van der Waals surface area contributed by atoms with Gasteiger partial charge in [0.15, 0.2) is 0 Å². The zero-order chi connectivity index (χ0) is 16.8. The standard InChI is InChI=1S/C16H23N3O4/c1-18(7-8-23-2)11-15(20)19-9-12(13(10-19)16(21)22)14-5-3-4-6-17-14/h3-6,12-13H,7-11H2,1-2H3,(H,21,22)/t12-,13-/m0/s1. The minimum atomic E-state index is -0.885. The van der Waals surface area contributed by atoms with Gasteiger partial charge in [0.2, 0.25) is 5.91 Å². The summed E-state index contributed by atoms with van der Waals surface area (Å²) >= 11 is 0. The van der Waals surface area contributed by atoms with Gasteiger partial charge < -0.3 is 14.7 Å². The molecule has 1 aromatic heterocycles. The van der Waals surface area contributed by atoms with Gasteiger partial charge in [0, 0.05) is 44.6 Å². The summed E-state index contributed by atoms with van der Waals surface area (Å²) in [5, 5.41) is 9.45. The van der Waals surface area contributed by atoms with Gasteiger partial charge in [-0.25, -0.2) is 0 Å². The van der Waals surface area contributed by atoms with Gasteiger partial charge in [-0.05, 0) is 19.2 Å². The molecule has 2 atom stereocenters. The normalized spacial score (nSPS) is 20.9. The van der Waals surface area contributed by atoms with Gasteiger partial charge in [-0.15, -0.1) is 0 Å². The van der Waals surface area contributed by atoms with Gasteiger partial charge in [-0.3, -0.25) is 19.5 Å². The van der Waals surface area contributed by atoms with Crippen LogP contribution >= 0.6 is 0 Å². The minimum absolute atomic E-state index is 0.0618. The lowest BCUT2D eigenvalue weighted by Crippen LogP contribution is -2.39. The summed E-state index contributed by atoms with van der Waals surface area (Å²) in [6, 6.07) is 5.45. The highest BCUT2D eigenvalue weighted by molar-refractivity contribution is 5.81. The van der Waals surface area contributed by atoms with Crippen LogP contribution < -0.4 is 0 Å². The van der Waals surface area contributed by atoms with E-state index in [0.29, 0.717) is 19.7 Å². The number of pyridine rings is 1. The van der Waals surface area contributed by atoms with Gasteiger partial charge in [-0.2, -0.15) is 0 Å². The maximum atomic E-state index is 12.4. The Morgan fingerprint density at radius 3 is 2.83 bits per heavy atom. The molecule has 1 N–H and O–H groups in total. The van der Waals surface area contributed by atoms with Gasteiger partial charge in [0.1, 0.15) is 0 Å². The third-order valence-electron chi connectivity index (χ3n) is 4.14. The van der Waals surface area contributed by atoms with Crippen LogP contribution in [0.15, 0.2) is 24.4 Å². The first-order valence-corrected chi connectivity index (χ1v) is 7.62. The predicted octanol–water partition coefficient (Wildman–Crippen LogP) is 0.286. The molecule has 0 bridgehead atoms. The highest BCUT2D eigenvalue weighted by Gasteiger charge is 2.41. The van der Waals surface area contributed by atoms with Crippen LogP contribution in [-0.4, -0.2) is 78.7 Å². The molecule has 0 unspecified atom stereocenters. The molecule has 2 heterocycles. The molecule has 0 saturated carbocycles. The molecule has 7 heteroatoms. The third-order valence-corrected chi connectivity index (χ3v) is 4.14. The first-order valence-electron chi connectivity index (χ1n) is 7.62. The van der Waals surface area contributed by atoms with Crippen molar-refractivity contribution in [2.45, 2.75) is 5.92 Å². The van der Waals surface area contributed by atoms with Crippen LogP contribution in [-0.2, 0) is 14.3 Å². The largest absolute Gasteiger partial charge is 0.481 e. The topological polar surface area (TPSA) is 83.0 Å². The van der Waals surface area contributed by atoms with Gasteiger partial charge in [0.25, 0.3) is 0 Å². The molecule has 0 spiro atoms.